The third kappa shape index (κ3) is 10.1. The van der Waals surface area contributed by atoms with Gasteiger partial charge in [-0.1, -0.05) is 0 Å². The molecule has 0 spiro atoms. The molecule has 0 aliphatic rings. The van der Waals surface area contributed by atoms with Gasteiger partial charge in [-0.05, 0) is 0 Å². The average Bonchev–Trinajstić information content (AvgIpc) is 1.50. The van der Waals surface area contributed by atoms with Gasteiger partial charge >= 0.3 is 57.1 Å². The molecule has 0 saturated heterocycles. The molecule has 0 aromatic rings. The minimum atomic E-state index is 0.125. The van der Waals surface area contributed by atoms with Gasteiger partial charge in [0, 0.05) is 0 Å². The predicted octanol–water partition coefficient (Wildman–Crippen LogP) is -0.621. The van der Waals surface area contributed by atoms with Gasteiger partial charge in [0.1, 0.15) is 0 Å². The van der Waals surface area contributed by atoms with Crippen molar-refractivity contribution in [3.8, 4) is 0 Å². The molecule has 0 fully saturated rings. The monoisotopic (exact) mass is 128 g/mol. The fourth-order valence-corrected chi connectivity index (χ4v) is 0. The third-order valence-electron chi connectivity index (χ3n) is 0. The van der Waals surface area contributed by atoms with Crippen LogP contribution in [0.4, 0.5) is 0 Å². The van der Waals surface area contributed by atoms with Crippen LogP contribution in [0.5, 0.6) is 0 Å². The predicted molar refractivity (Wildman–Crippen MR) is 7.13 cm³/mol. The van der Waals surface area contributed by atoms with Gasteiger partial charge in [0.25, 0.3) is 0 Å². The Morgan fingerprint density at radius 3 is 1.25 bits per heavy atom. The first kappa shape index (κ1) is 9.03. The molecule has 0 rings (SSSR count). The number of hydrogen-bond donors (Lipinski definition) is 0. The van der Waals surface area contributed by atoms with E-state index >= 15 is 0 Å². The number of rotatable bonds is 0. The van der Waals surface area contributed by atoms with E-state index in [0.717, 1.165) is 0 Å². The van der Waals surface area contributed by atoms with E-state index in [-0.39, 0.29) is 35.9 Å². The van der Waals surface area contributed by atoms with Crippen molar-refractivity contribution in [3.63, 3.8) is 0 Å². The SMILES string of the molecule is [O]=[Ca].[O]=[Fe]. The van der Waals surface area contributed by atoms with Crippen molar-refractivity contribution >= 4 is 35.9 Å². The van der Waals surface area contributed by atoms with Crippen LogP contribution in [0, 0.1) is 0 Å². The Morgan fingerprint density at radius 2 is 1.25 bits per heavy atom. The van der Waals surface area contributed by atoms with E-state index in [1.54, 1.807) is 0 Å². The molecule has 0 amide bonds. The average molecular weight is 128 g/mol. The van der Waals surface area contributed by atoms with Crippen LogP contribution in [0.2, 0.25) is 0 Å². The standard InChI is InChI=1S/Ca.Fe.2O. The molecular formula is CaFeO2. The van der Waals surface area contributed by atoms with E-state index in [4.69, 9.17) is 5.27 Å². The molecule has 0 radical (unpaired) electrons. The van der Waals surface area contributed by atoms with Crippen molar-refractivity contribution in [1.29, 1.82) is 0 Å². The molecule has 0 bridgehead atoms. The Balaban J connectivity index is 0. The van der Waals surface area contributed by atoms with E-state index in [1.165, 1.54) is 0 Å². The molecule has 0 saturated carbocycles. The van der Waals surface area contributed by atoms with E-state index in [9.17, 15) is 0 Å². The first-order chi connectivity index (χ1) is 2.00. The summed E-state index contributed by atoms with van der Waals surface area (Å²) >= 11 is 2.12. The first-order valence-corrected chi connectivity index (χ1v) is 1.79. The molecular weight excluding hydrogens is 128 g/mol. The first-order valence-electron chi connectivity index (χ1n) is 0.433. The second-order valence-corrected chi connectivity index (χ2v) is 0. The Bertz CT molecular complexity index is 8.00. The fourth-order valence-electron chi connectivity index (χ4n) is 0. The van der Waals surface area contributed by atoms with Crippen LogP contribution < -0.4 is 0 Å². The third-order valence-corrected chi connectivity index (χ3v) is 0. The Labute approximate surface area is 56.4 Å². The maximum absolute atomic E-state index is 8.38. The van der Waals surface area contributed by atoms with Crippen LogP contribution in [0.1, 0.15) is 0 Å². The van der Waals surface area contributed by atoms with Crippen LogP contribution in [0.3, 0.4) is 0 Å². The summed E-state index contributed by atoms with van der Waals surface area (Å²) in [6, 6.07) is 0. The summed E-state index contributed by atoms with van der Waals surface area (Å²) in [6.07, 6.45) is 0. The van der Waals surface area contributed by atoms with Crippen molar-refractivity contribution in [2.45, 2.75) is 0 Å². The van der Waals surface area contributed by atoms with Crippen molar-refractivity contribution in [2.24, 2.45) is 0 Å². The molecule has 2 nitrogen and oxygen atoms in total. The fraction of sp³-hybridized carbons (Fsp3) is 0. The van der Waals surface area contributed by atoms with Gasteiger partial charge in [-0.25, -0.2) is 0 Å². The molecule has 0 aliphatic carbocycles. The topological polar surface area (TPSA) is 34.1 Å². The zero-order chi connectivity index (χ0) is 4.00. The molecule has 0 aliphatic heterocycles. The zero-order valence-electron chi connectivity index (χ0n) is 1.88. The summed E-state index contributed by atoms with van der Waals surface area (Å²) in [7, 11) is 0. The molecule has 0 aromatic carbocycles. The summed E-state index contributed by atoms with van der Waals surface area (Å²) in [4.78, 5) is 0. The van der Waals surface area contributed by atoms with Crippen LogP contribution in [0.15, 0.2) is 0 Å². The molecule has 0 N–H and O–H groups in total. The van der Waals surface area contributed by atoms with Gasteiger partial charge in [-0.15, -0.1) is 0 Å². The summed E-state index contributed by atoms with van der Waals surface area (Å²) in [5.74, 6) is 0. The van der Waals surface area contributed by atoms with Crippen molar-refractivity contribution < 1.29 is 21.2 Å². The van der Waals surface area contributed by atoms with Gasteiger partial charge < -0.3 is 0 Å². The summed E-state index contributed by atoms with van der Waals surface area (Å²) in [5, 5.41) is 0. The second kappa shape index (κ2) is 26.3. The molecule has 0 heterocycles. The van der Waals surface area contributed by atoms with Crippen LogP contribution in [-0.4, -0.2) is 35.9 Å². The second-order valence-electron chi connectivity index (χ2n) is 0. The van der Waals surface area contributed by atoms with Crippen molar-refractivity contribution in [3.05, 3.63) is 0 Å². The molecule has 4 heteroatoms. The minimum absolute atomic E-state index is 0.125. The Hall–Kier alpha value is 1.38. The summed E-state index contributed by atoms with van der Waals surface area (Å²) in [6.45, 7) is 0. The van der Waals surface area contributed by atoms with Gasteiger partial charge in [0.15, 0.2) is 0 Å². The van der Waals surface area contributed by atoms with E-state index in [1.807, 2.05) is 15.9 Å². The van der Waals surface area contributed by atoms with Gasteiger partial charge in [0.2, 0.25) is 0 Å². The molecule has 0 aromatic heterocycles. The van der Waals surface area contributed by atoms with Crippen LogP contribution >= 0.6 is 0 Å². The van der Waals surface area contributed by atoms with Gasteiger partial charge in [0.05, 0.1) is 0 Å². The summed E-state index contributed by atoms with van der Waals surface area (Å²) in [5.41, 5.74) is 0. The van der Waals surface area contributed by atoms with E-state index < -0.39 is 0 Å². The summed E-state index contributed by atoms with van der Waals surface area (Å²) < 4.78 is 16.4. The quantitative estimate of drug-likeness (QED) is 0.407. The van der Waals surface area contributed by atoms with Crippen LogP contribution in [-0.2, 0) is 21.2 Å². The van der Waals surface area contributed by atoms with Crippen molar-refractivity contribution in [2.75, 3.05) is 0 Å². The van der Waals surface area contributed by atoms with Crippen molar-refractivity contribution in [1.82, 2.24) is 0 Å². The molecule has 0 atom stereocenters. The maximum atomic E-state index is 8.38. The molecule has 0 unspecified atom stereocenters. The van der Waals surface area contributed by atoms with Crippen LogP contribution in [0.25, 0.3) is 0 Å². The van der Waals surface area contributed by atoms with Gasteiger partial charge in [-0.2, -0.15) is 0 Å². The Morgan fingerprint density at radius 1 is 1.25 bits per heavy atom. The normalized spacial score (nSPS) is 2.75. The van der Waals surface area contributed by atoms with Gasteiger partial charge in [-0.3, -0.25) is 0 Å². The molecule has 4 heavy (non-hydrogen) atoms. The Kier molecular flexibility index (Phi) is 59.4. The number of hydrogen-bond acceptors (Lipinski definition) is 2. The van der Waals surface area contributed by atoms with E-state index in [2.05, 4.69) is 0 Å². The molecule has 22 valence electrons. The zero-order valence-corrected chi connectivity index (χ0v) is 5.19. The van der Waals surface area contributed by atoms with E-state index in [0.29, 0.717) is 0 Å².